The monoisotopic (exact) mass is 297 g/mol. The summed E-state index contributed by atoms with van der Waals surface area (Å²) < 4.78 is 15.4. The second-order valence-corrected chi connectivity index (χ2v) is 5.45. The normalized spacial score (nSPS) is 13.3. The van der Waals surface area contributed by atoms with E-state index < -0.39 is 0 Å². The van der Waals surface area contributed by atoms with E-state index in [2.05, 4.69) is 30.8 Å². The number of hydrogen-bond acceptors (Lipinski definition) is 2. The summed E-state index contributed by atoms with van der Waals surface area (Å²) in [4.78, 5) is 6.76. The van der Waals surface area contributed by atoms with Gasteiger partial charge in [0.2, 0.25) is 0 Å². The molecule has 1 unspecified atom stereocenters. The van der Waals surface area contributed by atoms with Gasteiger partial charge in [-0.25, -0.2) is 9.37 Å². The number of rotatable bonds is 6. The maximum atomic E-state index is 13.4. The fraction of sp³-hybridized carbons (Fsp3) is 0.533. The molecule has 1 heterocycles. The van der Waals surface area contributed by atoms with E-state index >= 15 is 0 Å². The highest BCUT2D eigenvalue weighted by Crippen LogP contribution is 2.19. The molecule has 110 valence electrons. The van der Waals surface area contributed by atoms with Crippen molar-refractivity contribution < 1.29 is 4.39 Å². The SMILES string of the molecule is CCC(C)N(C)CCn1c(CCl)nc2ccc(F)cc21. The Balaban J connectivity index is 2.25. The first-order valence-corrected chi connectivity index (χ1v) is 7.51. The summed E-state index contributed by atoms with van der Waals surface area (Å²) in [6.07, 6.45) is 1.11. The summed E-state index contributed by atoms with van der Waals surface area (Å²) in [6.45, 7) is 6.03. The van der Waals surface area contributed by atoms with Crippen molar-refractivity contribution in [2.45, 2.75) is 38.7 Å². The molecule has 0 N–H and O–H groups in total. The quantitative estimate of drug-likeness (QED) is 0.759. The van der Waals surface area contributed by atoms with E-state index in [9.17, 15) is 4.39 Å². The lowest BCUT2D eigenvalue weighted by atomic mass is 10.2. The van der Waals surface area contributed by atoms with Crippen LogP contribution in [0.5, 0.6) is 0 Å². The molecule has 0 amide bonds. The van der Waals surface area contributed by atoms with Gasteiger partial charge in [0.05, 0.1) is 16.9 Å². The van der Waals surface area contributed by atoms with Gasteiger partial charge in [-0.2, -0.15) is 0 Å². The number of hydrogen-bond donors (Lipinski definition) is 0. The fourth-order valence-corrected chi connectivity index (χ4v) is 2.49. The first kappa shape index (κ1) is 15.3. The minimum atomic E-state index is -0.241. The number of halogens is 2. The van der Waals surface area contributed by atoms with E-state index in [-0.39, 0.29) is 5.82 Å². The van der Waals surface area contributed by atoms with Crippen LogP contribution in [-0.2, 0) is 12.4 Å². The van der Waals surface area contributed by atoms with Crippen LogP contribution in [0.3, 0.4) is 0 Å². The second-order valence-electron chi connectivity index (χ2n) is 5.18. The van der Waals surface area contributed by atoms with Gasteiger partial charge in [-0.05, 0) is 38.6 Å². The molecule has 1 aromatic carbocycles. The Morgan fingerprint density at radius 1 is 1.45 bits per heavy atom. The molecule has 2 rings (SSSR count). The molecular weight excluding hydrogens is 277 g/mol. The maximum absolute atomic E-state index is 13.4. The number of nitrogens with zero attached hydrogens (tertiary/aromatic N) is 3. The molecule has 1 aromatic heterocycles. The van der Waals surface area contributed by atoms with Crippen molar-refractivity contribution in [2.24, 2.45) is 0 Å². The molecule has 1 atom stereocenters. The fourth-order valence-electron chi connectivity index (χ4n) is 2.29. The molecule has 0 bridgehead atoms. The van der Waals surface area contributed by atoms with Crippen molar-refractivity contribution >= 4 is 22.6 Å². The summed E-state index contributed by atoms with van der Waals surface area (Å²) in [5, 5.41) is 0. The zero-order chi connectivity index (χ0) is 14.7. The predicted molar refractivity (Wildman–Crippen MR) is 81.6 cm³/mol. The third-order valence-electron chi connectivity index (χ3n) is 3.93. The molecule has 0 spiro atoms. The Labute approximate surface area is 124 Å². The molecule has 0 saturated carbocycles. The van der Waals surface area contributed by atoms with Gasteiger partial charge >= 0.3 is 0 Å². The van der Waals surface area contributed by atoms with Gasteiger partial charge in [0.15, 0.2) is 0 Å². The summed E-state index contributed by atoms with van der Waals surface area (Å²) in [6, 6.07) is 5.20. The molecular formula is C15H21ClFN3. The third kappa shape index (κ3) is 3.13. The molecule has 0 aliphatic heterocycles. The molecule has 20 heavy (non-hydrogen) atoms. The topological polar surface area (TPSA) is 21.1 Å². The minimum absolute atomic E-state index is 0.241. The zero-order valence-corrected chi connectivity index (χ0v) is 13.0. The van der Waals surface area contributed by atoms with Gasteiger partial charge in [-0.15, -0.1) is 11.6 Å². The molecule has 0 aliphatic rings. The number of benzene rings is 1. The van der Waals surface area contributed by atoms with Crippen LogP contribution in [0, 0.1) is 5.82 Å². The lowest BCUT2D eigenvalue weighted by molar-refractivity contribution is 0.243. The average molecular weight is 298 g/mol. The van der Waals surface area contributed by atoms with Crippen molar-refractivity contribution in [1.29, 1.82) is 0 Å². The van der Waals surface area contributed by atoms with Gasteiger partial charge in [-0.1, -0.05) is 6.92 Å². The molecule has 2 aromatic rings. The molecule has 0 radical (unpaired) electrons. The van der Waals surface area contributed by atoms with Crippen LogP contribution in [-0.4, -0.2) is 34.1 Å². The lowest BCUT2D eigenvalue weighted by Gasteiger charge is -2.24. The Kier molecular flexibility index (Phi) is 5.00. The van der Waals surface area contributed by atoms with Crippen LogP contribution >= 0.6 is 11.6 Å². The molecule has 0 aliphatic carbocycles. The van der Waals surface area contributed by atoms with Gasteiger partial charge in [-0.3, -0.25) is 0 Å². The number of aromatic nitrogens is 2. The lowest BCUT2D eigenvalue weighted by Crippen LogP contribution is -2.31. The number of alkyl halides is 1. The molecule has 3 nitrogen and oxygen atoms in total. The highest BCUT2D eigenvalue weighted by molar-refractivity contribution is 6.16. The third-order valence-corrected chi connectivity index (χ3v) is 4.17. The largest absolute Gasteiger partial charge is 0.326 e. The first-order chi connectivity index (χ1) is 9.56. The Morgan fingerprint density at radius 2 is 2.20 bits per heavy atom. The predicted octanol–water partition coefficient (Wildman–Crippen LogP) is 3.64. The summed E-state index contributed by atoms with van der Waals surface area (Å²) in [5.74, 6) is 0.892. The second kappa shape index (κ2) is 6.55. The average Bonchev–Trinajstić information content (AvgIpc) is 2.80. The maximum Gasteiger partial charge on any atom is 0.125 e. The number of imidazole rings is 1. The molecule has 0 saturated heterocycles. The van der Waals surface area contributed by atoms with E-state index in [0.29, 0.717) is 11.9 Å². The van der Waals surface area contributed by atoms with Crippen molar-refractivity contribution in [2.75, 3.05) is 13.6 Å². The van der Waals surface area contributed by atoms with Crippen LogP contribution in [0.15, 0.2) is 18.2 Å². The first-order valence-electron chi connectivity index (χ1n) is 6.97. The van der Waals surface area contributed by atoms with E-state index in [1.807, 2.05) is 4.57 Å². The van der Waals surface area contributed by atoms with Gasteiger partial charge in [0, 0.05) is 19.1 Å². The van der Waals surface area contributed by atoms with Crippen LogP contribution < -0.4 is 0 Å². The van der Waals surface area contributed by atoms with Crippen molar-refractivity contribution in [3.63, 3.8) is 0 Å². The van der Waals surface area contributed by atoms with E-state index in [0.717, 1.165) is 36.4 Å². The van der Waals surface area contributed by atoms with Gasteiger partial charge in [0.1, 0.15) is 11.6 Å². The van der Waals surface area contributed by atoms with E-state index in [1.165, 1.54) is 12.1 Å². The van der Waals surface area contributed by atoms with Crippen molar-refractivity contribution in [1.82, 2.24) is 14.5 Å². The van der Waals surface area contributed by atoms with Crippen molar-refractivity contribution in [3.05, 3.63) is 29.8 Å². The zero-order valence-electron chi connectivity index (χ0n) is 12.2. The molecule has 0 fully saturated rings. The van der Waals surface area contributed by atoms with Gasteiger partial charge < -0.3 is 9.47 Å². The Bertz CT molecular complexity index is 582. The standard InChI is InChI=1S/C15H21ClFN3/c1-4-11(2)19(3)7-8-20-14-9-12(17)5-6-13(14)18-15(20)10-16/h5-6,9,11H,4,7-8,10H2,1-3H3. The Morgan fingerprint density at radius 3 is 2.85 bits per heavy atom. The number of fused-ring (bicyclic) bond motifs is 1. The van der Waals surface area contributed by atoms with E-state index in [1.54, 1.807) is 6.07 Å². The summed E-state index contributed by atoms with van der Waals surface area (Å²) in [5.41, 5.74) is 1.62. The van der Waals surface area contributed by atoms with Crippen LogP contribution in [0.4, 0.5) is 4.39 Å². The highest BCUT2D eigenvalue weighted by Gasteiger charge is 2.12. The summed E-state index contributed by atoms with van der Waals surface area (Å²) in [7, 11) is 2.11. The van der Waals surface area contributed by atoms with Crippen LogP contribution in [0.2, 0.25) is 0 Å². The summed E-state index contributed by atoms with van der Waals surface area (Å²) >= 11 is 5.96. The van der Waals surface area contributed by atoms with Gasteiger partial charge in [0.25, 0.3) is 0 Å². The van der Waals surface area contributed by atoms with E-state index in [4.69, 9.17) is 11.6 Å². The number of likely N-dealkylation sites (N-methyl/N-ethyl adjacent to an activating group) is 1. The smallest absolute Gasteiger partial charge is 0.125 e. The van der Waals surface area contributed by atoms with Crippen LogP contribution in [0.25, 0.3) is 11.0 Å². The van der Waals surface area contributed by atoms with Crippen molar-refractivity contribution in [3.8, 4) is 0 Å². The minimum Gasteiger partial charge on any atom is -0.326 e. The molecule has 5 heteroatoms. The Hall–Kier alpha value is -1.13. The highest BCUT2D eigenvalue weighted by atomic mass is 35.5. The van der Waals surface area contributed by atoms with Crippen LogP contribution in [0.1, 0.15) is 26.1 Å².